The number of aliphatic hydroxyl groups is 2. The Morgan fingerprint density at radius 2 is 0.604 bits per heavy atom. The van der Waals surface area contributed by atoms with E-state index in [-0.39, 0.29) is 19.3 Å². The lowest BCUT2D eigenvalue weighted by Crippen LogP contribution is -2.30. The summed E-state index contributed by atoms with van der Waals surface area (Å²) in [6.07, 6.45) is 76.6. The van der Waals surface area contributed by atoms with Gasteiger partial charge < -0.3 is 34.2 Å². The number of ether oxygens (including phenoxy) is 3. The van der Waals surface area contributed by atoms with E-state index < -0.39 is 91.5 Å². The molecule has 0 spiro atoms. The summed E-state index contributed by atoms with van der Waals surface area (Å²) in [5, 5.41) is 20.5. The number of rotatable bonds is 64. The molecule has 5 unspecified atom stereocenters. The van der Waals surface area contributed by atoms with Gasteiger partial charge >= 0.3 is 33.6 Å². The monoisotopic (exact) mass is 1320 g/mol. The predicted molar refractivity (Wildman–Crippen MR) is 371 cm³/mol. The van der Waals surface area contributed by atoms with Crippen LogP contribution in [0.5, 0.6) is 0 Å². The van der Waals surface area contributed by atoms with Gasteiger partial charge in [-0.05, 0) is 128 Å². The van der Waals surface area contributed by atoms with Gasteiger partial charge in [0.1, 0.15) is 25.4 Å². The number of phosphoric ester groups is 2. The SMILES string of the molecule is CC/C=C\C/C=C\C/C=C\C/C=C\C/C=C\C/C=C\CCC(=O)OCC(COP(=O)(O)OCC(O)COP(=O)(O)OCC(O)COC(=O)CCCCCCC/C=C\C/C=C\C/C=C\C/C=C\CCCCC)OC(=O)CCCCCCC/C=C\CCCCCCCC. The van der Waals surface area contributed by atoms with Crippen LogP contribution in [0.2, 0.25) is 0 Å². The summed E-state index contributed by atoms with van der Waals surface area (Å²) in [7, 11) is -9.81. The molecular formula is C73H122O16P2. The molecule has 0 rings (SSSR count). The van der Waals surface area contributed by atoms with Crippen LogP contribution >= 0.6 is 15.6 Å². The number of hydrogen-bond donors (Lipinski definition) is 4. The first-order valence-corrected chi connectivity index (χ1v) is 37.5. The molecule has 0 aromatic heterocycles. The molecule has 0 bridgehead atoms. The summed E-state index contributed by atoms with van der Waals surface area (Å²) in [5.41, 5.74) is 0. The highest BCUT2D eigenvalue weighted by Gasteiger charge is 2.29. The number of phosphoric acid groups is 2. The number of aliphatic hydroxyl groups excluding tert-OH is 2. The largest absolute Gasteiger partial charge is 0.472 e. The van der Waals surface area contributed by atoms with Gasteiger partial charge in [-0.1, -0.05) is 238 Å². The van der Waals surface area contributed by atoms with E-state index in [0.717, 1.165) is 122 Å². The minimum Gasteiger partial charge on any atom is -0.463 e. The average molecular weight is 1320 g/mol. The number of allylic oxidation sites excluding steroid dienone is 22. The van der Waals surface area contributed by atoms with Crippen LogP contribution in [0.1, 0.15) is 252 Å². The van der Waals surface area contributed by atoms with Crippen molar-refractivity contribution in [3.05, 3.63) is 134 Å². The molecule has 16 nitrogen and oxygen atoms in total. The summed E-state index contributed by atoms with van der Waals surface area (Å²) in [5.74, 6) is -1.71. The van der Waals surface area contributed by atoms with E-state index in [9.17, 15) is 43.5 Å². The van der Waals surface area contributed by atoms with Crippen LogP contribution in [0.3, 0.4) is 0 Å². The Labute approximate surface area is 550 Å². The van der Waals surface area contributed by atoms with Crippen molar-refractivity contribution in [2.24, 2.45) is 0 Å². The Bertz CT molecular complexity index is 2190. The van der Waals surface area contributed by atoms with Crippen molar-refractivity contribution in [3.8, 4) is 0 Å². The third-order valence-electron chi connectivity index (χ3n) is 13.8. The number of carbonyl (C=O) groups is 3. The lowest BCUT2D eigenvalue weighted by molar-refractivity contribution is -0.161. The zero-order valence-corrected chi connectivity index (χ0v) is 58.0. The summed E-state index contributed by atoms with van der Waals surface area (Å²) in [6.45, 7) is 2.38. The van der Waals surface area contributed by atoms with Crippen LogP contribution in [0, 0.1) is 0 Å². The maximum Gasteiger partial charge on any atom is 0.472 e. The molecule has 0 heterocycles. The first-order valence-electron chi connectivity index (χ1n) is 34.5. The molecule has 0 amide bonds. The maximum atomic E-state index is 12.9. The van der Waals surface area contributed by atoms with Crippen LogP contribution in [0.15, 0.2) is 134 Å². The number of hydrogen-bond acceptors (Lipinski definition) is 14. The molecule has 5 atom stereocenters. The van der Waals surface area contributed by atoms with Crippen molar-refractivity contribution < 1.29 is 75.8 Å². The quantitative estimate of drug-likeness (QED) is 0.0146. The zero-order chi connectivity index (χ0) is 66.7. The highest BCUT2D eigenvalue weighted by molar-refractivity contribution is 7.47. The van der Waals surface area contributed by atoms with Gasteiger partial charge in [0.2, 0.25) is 0 Å². The van der Waals surface area contributed by atoms with Crippen molar-refractivity contribution in [1.82, 2.24) is 0 Å². The number of carbonyl (C=O) groups excluding carboxylic acids is 3. The van der Waals surface area contributed by atoms with E-state index in [2.05, 4.69) is 136 Å². The topological polar surface area (TPSA) is 231 Å². The fourth-order valence-corrected chi connectivity index (χ4v) is 10.2. The molecule has 91 heavy (non-hydrogen) atoms. The maximum absolute atomic E-state index is 12.9. The Hall–Kier alpha value is -4.31. The fourth-order valence-electron chi connectivity index (χ4n) is 8.57. The predicted octanol–water partition coefficient (Wildman–Crippen LogP) is 19.2. The Morgan fingerprint density at radius 3 is 1.02 bits per heavy atom. The second-order valence-electron chi connectivity index (χ2n) is 22.6. The van der Waals surface area contributed by atoms with E-state index in [1.165, 1.54) is 64.2 Å². The van der Waals surface area contributed by atoms with E-state index in [0.29, 0.717) is 25.7 Å². The third-order valence-corrected chi connectivity index (χ3v) is 15.7. The average Bonchev–Trinajstić information content (AvgIpc) is 3.08. The van der Waals surface area contributed by atoms with Gasteiger partial charge in [0.05, 0.1) is 26.4 Å². The first-order chi connectivity index (χ1) is 44.2. The lowest BCUT2D eigenvalue weighted by Gasteiger charge is -2.21. The molecule has 0 aliphatic rings. The van der Waals surface area contributed by atoms with Gasteiger partial charge in [0.15, 0.2) is 6.10 Å². The van der Waals surface area contributed by atoms with Gasteiger partial charge in [0, 0.05) is 19.3 Å². The van der Waals surface area contributed by atoms with E-state index >= 15 is 0 Å². The Kier molecular flexibility index (Phi) is 62.6. The first kappa shape index (κ1) is 86.7. The Morgan fingerprint density at radius 1 is 0.319 bits per heavy atom. The molecule has 0 aliphatic heterocycles. The van der Waals surface area contributed by atoms with Crippen molar-refractivity contribution in [1.29, 1.82) is 0 Å². The molecule has 0 aromatic rings. The van der Waals surface area contributed by atoms with Crippen LogP contribution < -0.4 is 0 Å². The molecule has 0 saturated carbocycles. The fraction of sp³-hybridized carbons (Fsp3) is 0.658. The number of unbranched alkanes of at least 4 members (excludes halogenated alkanes) is 19. The van der Waals surface area contributed by atoms with E-state index in [1.807, 2.05) is 18.2 Å². The van der Waals surface area contributed by atoms with Crippen molar-refractivity contribution in [2.45, 2.75) is 270 Å². The van der Waals surface area contributed by atoms with Gasteiger partial charge in [-0.2, -0.15) is 0 Å². The molecule has 18 heteroatoms. The van der Waals surface area contributed by atoms with Gasteiger partial charge in [-0.15, -0.1) is 0 Å². The van der Waals surface area contributed by atoms with Crippen LogP contribution in [-0.2, 0) is 55.8 Å². The van der Waals surface area contributed by atoms with E-state index in [4.69, 9.17) is 32.3 Å². The van der Waals surface area contributed by atoms with Crippen LogP contribution in [0.4, 0.5) is 0 Å². The zero-order valence-electron chi connectivity index (χ0n) is 56.2. The van der Waals surface area contributed by atoms with Crippen LogP contribution in [0.25, 0.3) is 0 Å². The minimum absolute atomic E-state index is 0.0396. The summed E-state index contributed by atoms with van der Waals surface area (Å²) < 4.78 is 60.8. The van der Waals surface area contributed by atoms with Gasteiger partial charge in [-0.25, -0.2) is 9.13 Å². The second kappa shape index (κ2) is 65.7. The molecule has 0 fully saturated rings. The minimum atomic E-state index is -4.95. The summed E-state index contributed by atoms with van der Waals surface area (Å²) >= 11 is 0. The molecule has 520 valence electrons. The molecule has 0 aliphatic carbocycles. The highest BCUT2D eigenvalue weighted by atomic mass is 31.2. The standard InChI is InChI=1S/C73H122O16P2/c1-4-7-10-13-16-19-22-25-28-30-32-33-35-37-39-41-44-47-50-53-56-59-71(76)83-62-68(74)63-85-90(79,80)86-64-69(75)65-87-91(81,82)88-67-70(89-73(78)61-58-55-52-49-46-43-38-27-24-21-18-15-12-9-6-3)66-84-72(77)60-57-54-51-48-45-42-40-36-34-31-29-26-23-20-17-14-11-8-5-2/h8,11,16-17,19-20,25-29,32-34,36-39,42,45,51,54,68-70,74-75H,4-7,9-10,12-15,18,21-24,30-31,35,40-41,43-44,46-50,52-53,55-67H2,1-3H3,(H,79,80)(H,81,82)/b11-8-,19-16-,20-17-,28-25-,29-26-,33-32-,36-34-,38-27-,39-37-,45-42-,54-51-. The smallest absolute Gasteiger partial charge is 0.463 e. The third kappa shape index (κ3) is 66.9. The normalized spacial score (nSPS) is 15.0. The summed E-state index contributed by atoms with van der Waals surface area (Å²) in [6, 6.07) is 0. The second-order valence-corrected chi connectivity index (χ2v) is 25.5. The number of esters is 3. The van der Waals surface area contributed by atoms with Crippen molar-refractivity contribution >= 4 is 33.6 Å². The molecule has 0 saturated heterocycles. The Balaban J connectivity index is 4.76. The lowest BCUT2D eigenvalue weighted by atomic mass is 10.1. The highest BCUT2D eigenvalue weighted by Crippen LogP contribution is 2.45. The van der Waals surface area contributed by atoms with Gasteiger partial charge in [-0.3, -0.25) is 32.5 Å². The molecule has 0 radical (unpaired) electrons. The van der Waals surface area contributed by atoms with Crippen LogP contribution in [-0.4, -0.2) is 95.9 Å². The van der Waals surface area contributed by atoms with Crippen molar-refractivity contribution in [3.63, 3.8) is 0 Å². The van der Waals surface area contributed by atoms with Crippen molar-refractivity contribution in [2.75, 3.05) is 39.6 Å². The van der Waals surface area contributed by atoms with Gasteiger partial charge in [0.25, 0.3) is 0 Å². The molecule has 4 N–H and O–H groups in total. The van der Waals surface area contributed by atoms with E-state index in [1.54, 1.807) is 0 Å². The summed E-state index contributed by atoms with van der Waals surface area (Å²) in [4.78, 5) is 58.3. The molecular weight excluding hydrogens is 1190 g/mol. The molecule has 0 aromatic carbocycles.